The molecule has 0 radical (unpaired) electrons. The van der Waals surface area contributed by atoms with Crippen molar-refractivity contribution < 1.29 is 19.4 Å². The Kier molecular flexibility index (Phi) is 4.96. The van der Waals surface area contributed by atoms with Gasteiger partial charge in [0.25, 0.3) is 0 Å². The van der Waals surface area contributed by atoms with E-state index in [2.05, 4.69) is 0 Å². The van der Waals surface area contributed by atoms with E-state index in [9.17, 15) is 14.7 Å². The number of ether oxygens (including phenoxy) is 1. The van der Waals surface area contributed by atoms with Crippen molar-refractivity contribution in [3.8, 4) is 0 Å². The smallest absolute Gasteiger partial charge is 0.310 e. The fourth-order valence-corrected chi connectivity index (χ4v) is 2.68. The number of esters is 1. The van der Waals surface area contributed by atoms with E-state index in [0.717, 1.165) is 12.8 Å². The Morgan fingerprint density at radius 3 is 2.21 bits per heavy atom. The van der Waals surface area contributed by atoms with E-state index in [-0.39, 0.29) is 18.9 Å². The fourth-order valence-electron chi connectivity index (χ4n) is 2.68. The summed E-state index contributed by atoms with van der Waals surface area (Å²) in [7, 11) is 0. The van der Waals surface area contributed by atoms with Crippen LogP contribution in [0.2, 0.25) is 0 Å². The van der Waals surface area contributed by atoms with E-state index in [1.807, 2.05) is 0 Å². The highest BCUT2D eigenvalue weighted by Gasteiger charge is 2.44. The molecule has 19 heavy (non-hydrogen) atoms. The number of carbonyl (C=O) groups is 2. The van der Waals surface area contributed by atoms with E-state index in [1.165, 1.54) is 0 Å². The predicted molar refractivity (Wildman–Crippen MR) is 71.5 cm³/mol. The van der Waals surface area contributed by atoms with E-state index in [0.29, 0.717) is 12.8 Å². The third-order valence-electron chi connectivity index (χ3n) is 3.68. The molecule has 110 valence electrons. The molecule has 0 unspecified atom stereocenters. The molecular weight excluding hydrogens is 246 g/mol. The van der Waals surface area contributed by atoms with Gasteiger partial charge in [-0.05, 0) is 40.0 Å². The minimum absolute atomic E-state index is 0.129. The Balaban J connectivity index is 2.75. The Hall–Kier alpha value is -1.10. The highest BCUT2D eigenvalue weighted by Crippen LogP contribution is 2.43. The molecule has 0 aliphatic heterocycles. The van der Waals surface area contributed by atoms with Crippen LogP contribution < -0.4 is 5.73 Å². The molecule has 0 aromatic heterocycles. The minimum Gasteiger partial charge on any atom is -0.481 e. The van der Waals surface area contributed by atoms with E-state index in [4.69, 9.17) is 10.5 Å². The molecule has 1 atom stereocenters. The lowest BCUT2D eigenvalue weighted by molar-refractivity contribution is -0.162. The van der Waals surface area contributed by atoms with Crippen LogP contribution in [0.3, 0.4) is 0 Å². The second kappa shape index (κ2) is 5.90. The summed E-state index contributed by atoms with van der Waals surface area (Å²) in [5.74, 6) is -1.73. The third kappa shape index (κ3) is 4.20. The first kappa shape index (κ1) is 16.0. The third-order valence-corrected chi connectivity index (χ3v) is 3.68. The number of nitrogens with two attached hydrogens (primary N) is 1. The van der Waals surface area contributed by atoms with Gasteiger partial charge < -0.3 is 15.6 Å². The number of rotatable bonds is 5. The highest BCUT2D eigenvalue weighted by molar-refractivity contribution is 5.78. The largest absolute Gasteiger partial charge is 0.481 e. The zero-order chi connectivity index (χ0) is 14.7. The summed E-state index contributed by atoms with van der Waals surface area (Å²) in [4.78, 5) is 23.5. The van der Waals surface area contributed by atoms with Gasteiger partial charge in [-0.15, -0.1) is 0 Å². The van der Waals surface area contributed by atoms with Gasteiger partial charge in [0.15, 0.2) is 0 Å². The second-order valence-corrected chi connectivity index (χ2v) is 6.46. The second-order valence-electron chi connectivity index (χ2n) is 6.46. The maximum Gasteiger partial charge on any atom is 0.310 e. The molecule has 1 aliphatic rings. The Bertz CT molecular complexity index is 340. The van der Waals surface area contributed by atoms with Crippen LogP contribution in [0, 0.1) is 11.3 Å². The van der Waals surface area contributed by atoms with Crippen molar-refractivity contribution in [1.82, 2.24) is 0 Å². The Labute approximate surface area is 114 Å². The van der Waals surface area contributed by atoms with Gasteiger partial charge in [-0.1, -0.05) is 12.8 Å². The van der Waals surface area contributed by atoms with Crippen LogP contribution in [0.25, 0.3) is 0 Å². The molecule has 0 saturated heterocycles. The van der Waals surface area contributed by atoms with Crippen molar-refractivity contribution in [1.29, 1.82) is 0 Å². The zero-order valence-corrected chi connectivity index (χ0v) is 12.1. The van der Waals surface area contributed by atoms with Gasteiger partial charge in [0.1, 0.15) is 5.60 Å². The van der Waals surface area contributed by atoms with Gasteiger partial charge in [-0.25, -0.2) is 0 Å². The molecular formula is C14H25NO4. The summed E-state index contributed by atoms with van der Waals surface area (Å²) < 4.78 is 5.31. The molecule has 0 aromatic carbocycles. The minimum atomic E-state index is -0.813. The summed E-state index contributed by atoms with van der Waals surface area (Å²) in [6.07, 6.45) is 3.34. The van der Waals surface area contributed by atoms with Crippen LogP contribution in [0.15, 0.2) is 0 Å². The molecule has 0 heterocycles. The van der Waals surface area contributed by atoms with Gasteiger partial charge in [0.2, 0.25) is 0 Å². The molecule has 1 fully saturated rings. The van der Waals surface area contributed by atoms with E-state index >= 15 is 0 Å². The molecule has 3 N–H and O–H groups in total. The highest BCUT2D eigenvalue weighted by atomic mass is 16.6. The maximum atomic E-state index is 12.0. The Morgan fingerprint density at radius 2 is 1.84 bits per heavy atom. The van der Waals surface area contributed by atoms with Crippen molar-refractivity contribution in [3.63, 3.8) is 0 Å². The molecule has 0 aromatic rings. The molecule has 1 aliphatic carbocycles. The molecule has 0 bridgehead atoms. The average Bonchev–Trinajstić information content (AvgIpc) is 2.73. The van der Waals surface area contributed by atoms with Crippen LogP contribution in [-0.4, -0.2) is 29.2 Å². The van der Waals surface area contributed by atoms with Crippen LogP contribution in [-0.2, 0) is 14.3 Å². The summed E-state index contributed by atoms with van der Waals surface area (Å²) in [6.45, 7) is 5.51. The molecule has 5 heteroatoms. The van der Waals surface area contributed by atoms with E-state index in [1.54, 1.807) is 20.8 Å². The first-order chi connectivity index (χ1) is 8.70. The van der Waals surface area contributed by atoms with Crippen molar-refractivity contribution in [2.45, 2.75) is 58.5 Å². The fraction of sp³-hybridized carbons (Fsp3) is 0.857. The van der Waals surface area contributed by atoms with Crippen molar-refractivity contribution >= 4 is 11.9 Å². The zero-order valence-electron chi connectivity index (χ0n) is 12.1. The van der Waals surface area contributed by atoms with Gasteiger partial charge >= 0.3 is 11.9 Å². The summed E-state index contributed by atoms with van der Waals surface area (Å²) in [5, 5.41) is 9.43. The SMILES string of the molecule is CC(C)(C)OC(=O)[C@@H](CN)CC1(C(=O)O)CCCC1. The number of carboxylic acids is 1. The number of hydrogen-bond donors (Lipinski definition) is 2. The lowest BCUT2D eigenvalue weighted by atomic mass is 9.77. The average molecular weight is 271 g/mol. The summed E-state index contributed by atoms with van der Waals surface area (Å²) >= 11 is 0. The lowest BCUT2D eigenvalue weighted by Crippen LogP contribution is -2.38. The summed E-state index contributed by atoms with van der Waals surface area (Å²) in [5.41, 5.74) is 4.27. The molecule has 5 nitrogen and oxygen atoms in total. The quantitative estimate of drug-likeness (QED) is 0.746. The van der Waals surface area contributed by atoms with Crippen LogP contribution in [0.4, 0.5) is 0 Å². The number of hydrogen-bond acceptors (Lipinski definition) is 4. The first-order valence-corrected chi connectivity index (χ1v) is 6.86. The number of carboxylic acid groups (broad SMARTS) is 1. The molecule has 0 amide bonds. The van der Waals surface area contributed by atoms with Gasteiger partial charge in [-0.2, -0.15) is 0 Å². The van der Waals surface area contributed by atoms with Crippen molar-refractivity contribution in [2.24, 2.45) is 17.1 Å². The normalized spacial score (nSPS) is 20.0. The number of aliphatic carboxylic acids is 1. The summed E-state index contributed by atoms with van der Waals surface area (Å²) in [6, 6.07) is 0. The maximum absolute atomic E-state index is 12.0. The first-order valence-electron chi connectivity index (χ1n) is 6.86. The predicted octanol–water partition coefficient (Wildman–Crippen LogP) is 1.94. The van der Waals surface area contributed by atoms with Gasteiger partial charge in [0, 0.05) is 6.54 Å². The van der Waals surface area contributed by atoms with Crippen LogP contribution in [0.1, 0.15) is 52.9 Å². The lowest BCUT2D eigenvalue weighted by Gasteiger charge is -2.29. The van der Waals surface area contributed by atoms with Crippen molar-refractivity contribution in [2.75, 3.05) is 6.54 Å². The van der Waals surface area contributed by atoms with Gasteiger partial charge in [0.05, 0.1) is 11.3 Å². The standard InChI is InChI=1S/C14H25NO4/c1-13(2,3)19-11(16)10(9-15)8-14(12(17)18)6-4-5-7-14/h10H,4-9,15H2,1-3H3,(H,17,18)/t10-/m1/s1. The topological polar surface area (TPSA) is 89.6 Å². The molecule has 1 saturated carbocycles. The van der Waals surface area contributed by atoms with Gasteiger partial charge in [-0.3, -0.25) is 9.59 Å². The van der Waals surface area contributed by atoms with Crippen molar-refractivity contribution in [3.05, 3.63) is 0 Å². The monoisotopic (exact) mass is 271 g/mol. The van der Waals surface area contributed by atoms with Crippen LogP contribution in [0.5, 0.6) is 0 Å². The van der Waals surface area contributed by atoms with Crippen LogP contribution >= 0.6 is 0 Å². The molecule has 0 spiro atoms. The number of carbonyl (C=O) groups excluding carboxylic acids is 1. The Morgan fingerprint density at radius 1 is 1.32 bits per heavy atom. The molecule has 1 rings (SSSR count). The van der Waals surface area contributed by atoms with E-state index < -0.39 is 22.9 Å².